The molecule has 0 saturated heterocycles. The summed E-state index contributed by atoms with van der Waals surface area (Å²) in [7, 11) is 0. The van der Waals surface area contributed by atoms with E-state index in [1.807, 2.05) is 72.3 Å². The van der Waals surface area contributed by atoms with Crippen LogP contribution in [0.4, 0.5) is 5.82 Å². The van der Waals surface area contributed by atoms with E-state index in [0.717, 1.165) is 39.7 Å². The van der Waals surface area contributed by atoms with Gasteiger partial charge in [-0.15, -0.1) is 6.58 Å². The Bertz CT molecular complexity index is 1300. The third-order valence-corrected chi connectivity index (χ3v) is 6.09. The SMILES string of the molecule is C=CCCn1cc(-c2cccc(Cl)c2C)c2c(NC(Cc3ccccc3)C(=O)O)ncnc21. The maximum absolute atomic E-state index is 12.1. The Labute approximate surface area is 197 Å². The van der Waals surface area contributed by atoms with Crippen LogP contribution in [0.2, 0.25) is 5.02 Å². The van der Waals surface area contributed by atoms with Crippen LogP contribution in [0.1, 0.15) is 17.5 Å². The van der Waals surface area contributed by atoms with Crippen LogP contribution in [0.25, 0.3) is 22.2 Å². The van der Waals surface area contributed by atoms with Gasteiger partial charge in [-0.05, 0) is 36.1 Å². The number of benzene rings is 2. The molecule has 4 aromatic rings. The van der Waals surface area contributed by atoms with Crippen LogP contribution in [0.3, 0.4) is 0 Å². The Kier molecular flexibility index (Phi) is 6.75. The molecule has 2 N–H and O–H groups in total. The lowest BCUT2D eigenvalue weighted by Crippen LogP contribution is -2.32. The lowest BCUT2D eigenvalue weighted by Gasteiger charge is -2.16. The Morgan fingerprint density at radius 2 is 1.97 bits per heavy atom. The summed E-state index contributed by atoms with van der Waals surface area (Å²) < 4.78 is 2.05. The molecule has 0 amide bonds. The molecule has 6 nitrogen and oxygen atoms in total. The van der Waals surface area contributed by atoms with E-state index in [4.69, 9.17) is 11.6 Å². The van der Waals surface area contributed by atoms with Crippen LogP contribution in [-0.2, 0) is 17.8 Å². The molecule has 0 fully saturated rings. The van der Waals surface area contributed by atoms with E-state index in [9.17, 15) is 9.90 Å². The molecule has 168 valence electrons. The van der Waals surface area contributed by atoms with Crippen LogP contribution in [0.5, 0.6) is 0 Å². The minimum Gasteiger partial charge on any atom is -0.480 e. The molecule has 1 unspecified atom stereocenters. The van der Waals surface area contributed by atoms with Crippen molar-refractivity contribution in [1.82, 2.24) is 14.5 Å². The van der Waals surface area contributed by atoms with Gasteiger partial charge in [0.25, 0.3) is 0 Å². The van der Waals surface area contributed by atoms with Gasteiger partial charge < -0.3 is 15.0 Å². The number of fused-ring (bicyclic) bond motifs is 1. The zero-order valence-electron chi connectivity index (χ0n) is 18.3. The van der Waals surface area contributed by atoms with E-state index in [1.165, 1.54) is 6.33 Å². The third kappa shape index (κ3) is 4.76. The number of rotatable bonds is 9. The van der Waals surface area contributed by atoms with Gasteiger partial charge in [0.15, 0.2) is 0 Å². The number of aryl methyl sites for hydroxylation is 1. The summed E-state index contributed by atoms with van der Waals surface area (Å²) >= 11 is 6.42. The number of anilines is 1. The summed E-state index contributed by atoms with van der Waals surface area (Å²) in [6.45, 7) is 6.49. The summed E-state index contributed by atoms with van der Waals surface area (Å²) in [5, 5.41) is 14.5. The second-order valence-corrected chi connectivity index (χ2v) is 8.28. The highest BCUT2D eigenvalue weighted by atomic mass is 35.5. The van der Waals surface area contributed by atoms with Crippen molar-refractivity contribution in [2.24, 2.45) is 0 Å². The predicted molar refractivity (Wildman–Crippen MR) is 133 cm³/mol. The Morgan fingerprint density at radius 1 is 1.18 bits per heavy atom. The molecule has 0 aliphatic rings. The molecule has 2 aromatic heterocycles. The average Bonchev–Trinajstić information content (AvgIpc) is 3.19. The lowest BCUT2D eigenvalue weighted by atomic mass is 10.0. The van der Waals surface area contributed by atoms with Crippen LogP contribution in [-0.4, -0.2) is 31.7 Å². The first-order valence-electron chi connectivity index (χ1n) is 10.7. The first-order valence-corrected chi connectivity index (χ1v) is 11.1. The molecule has 33 heavy (non-hydrogen) atoms. The zero-order valence-corrected chi connectivity index (χ0v) is 19.1. The van der Waals surface area contributed by atoms with Gasteiger partial charge in [0.1, 0.15) is 23.8 Å². The molecular formula is C26H25ClN4O2. The fraction of sp³-hybridized carbons (Fsp3) is 0.192. The van der Waals surface area contributed by atoms with Gasteiger partial charge in [-0.3, -0.25) is 0 Å². The van der Waals surface area contributed by atoms with E-state index < -0.39 is 12.0 Å². The molecule has 2 heterocycles. The average molecular weight is 461 g/mol. The third-order valence-electron chi connectivity index (χ3n) is 5.68. The van der Waals surface area contributed by atoms with E-state index in [1.54, 1.807) is 0 Å². The standard InChI is InChI=1S/C26H25ClN4O2/c1-3-4-13-31-15-20(19-11-8-12-21(27)17(19)2)23-24(28-16-29-25(23)31)30-22(26(32)33)14-18-9-6-5-7-10-18/h3,5-12,15-16,22H,1,4,13-14H2,2H3,(H,32,33)(H,28,29,30). The summed E-state index contributed by atoms with van der Waals surface area (Å²) in [6.07, 6.45) is 6.45. The molecule has 0 spiro atoms. The van der Waals surface area contributed by atoms with Gasteiger partial charge in [0.05, 0.1) is 5.39 Å². The minimum atomic E-state index is -0.947. The first kappa shape index (κ1) is 22.6. The molecule has 2 aromatic carbocycles. The van der Waals surface area contributed by atoms with Crippen molar-refractivity contribution in [3.05, 3.63) is 89.9 Å². The normalized spacial score (nSPS) is 11.9. The Morgan fingerprint density at radius 3 is 2.70 bits per heavy atom. The summed E-state index contributed by atoms with van der Waals surface area (Å²) in [5.74, 6) is -0.466. The fourth-order valence-electron chi connectivity index (χ4n) is 3.95. The lowest BCUT2D eigenvalue weighted by molar-refractivity contribution is -0.137. The molecule has 0 bridgehead atoms. The van der Waals surface area contributed by atoms with Crippen molar-refractivity contribution in [3.63, 3.8) is 0 Å². The van der Waals surface area contributed by atoms with Crippen LogP contribution < -0.4 is 5.32 Å². The summed E-state index contributed by atoms with van der Waals surface area (Å²) in [5.41, 5.74) is 4.46. The van der Waals surface area contributed by atoms with Gasteiger partial charge in [0, 0.05) is 29.7 Å². The number of carbonyl (C=O) groups is 1. The topological polar surface area (TPSA) is 80.0 Å². The molecule has 7 heteroatoms. The number of aliphatic carboxylic acids is 1. The number of halogens is 1. The van der Waals surface area contributed by atoms with Gasteiger partial charge in [-0.1, -0.05) is 60.1 Å². The molecule has 0 saturated carbocycles. The van der Waals surface area contributed by atoms with E-state index >= 15 is 0 Å². The van der Waals surface area contributed by atoms with Gasteiger partial charge in [0.2, 0.25) is 0 Å². The monoisotopic (exact) mass is 460 g/mol. The second-order valence-electron chi connectivity index (χ2n) is 7.87. The van der Waals surface area contributed by atoms with Crippen LogP contribution in [0.15, 0.2) is 73.7 Å². The van der Waals surface area contributed by atoms with Gasteiger partial charge >= 0.3 is 5.97 Å². The van der Waals surface area contributed by atoms with Crippen molar-refractivity contribution in [2.45, 2.75) is 32.4 Å². The number of carboxylic acid groups (broad SMARTS) is 1. The van der Waals surface area contributed by atoms with E-state index in [2.05, 4.69) is 21.9 Å². The highest BCUT2D eigenvalue weighted by Gasteiger charge is 2.23. The molecular weight excluding hydrogens is 436 g/mol. The van der Waals surface area contributed by atoms with Crippen molar-refractivity contribution >= 4 is 34.4 Å². The molecule has 4 rings (SSSR count). The number of nitrogens with zero attached hydrogens (tertiary/aromatic N) is 3. The van der Waals surface area contributed by atoms with Crippen molar-refractivity contribution in [1.29, 1.82) is 0 Å². The summed E-state index contributed by atoms with van der Waals surface area (Å²) in [6, 6.07) is 14.5. The fourth-order valence-corrected chi connectivity index (χ4v) is 4.13. The predicted octanol–water partition coefficient (Wildman–Crippen LogP) is 5.74. The van der Waals surface area contributed by atoms with Crippen molar-refractivity contribution in [2.75, 3.05) is 5.32 Å². The van der Waals surface area contributed by atoms with Crippen molar-refractivity contribution < 1.29 is 9.90 Å². The van der Waals surface area contributed by atoms with Gasteiger partial charge in [-0.25, -0.2) is 14.8 Å². The van der Waals surface area contributed by atoms with E-state index in [0.29, 0.717) is 23.8 Å². The highest BCUT2D eigenvalue weighted by molar-refractivity contribution is 6.31. The number of hydrogen-bond donors (Lipinski definition) is 2. The molecule has 0 aliphatic heterocycles. The molecule has 0 aliphatic carbocycles. The number of allylic oxidation sites excluding steroid dienone is 1. The smallest absolute Gasteiger partial charge is 0.326 e. The van der Waals surface area contributed by atoms with Crippen LogP contribution >= 0.6 is 11.6 Å². The maximum atomic E-state index is 12.1. The largest absolute Gasteiger partial charge is 0.480 e. The van der Waals surface area contributed by atoms with Gasteiger partial charge in [-0.2, -0.15) is 0 Å². The number of hydrogen-bond acceptors (Lipinski definition) is 4. The second kappa shape index (κ2) is 9.88. The first-order chi connectivity index (χ1) is 16.0. The number of nitrogens with one attached hydrogen (secondary N) is 1. The number of aromatic nitrogens is 3. The maximum Gasteiger partial charge on any atom is 0.326 e. The minimum absolute atomic E-state index is 0.324. The van der Waals surface area contributed by atoms with Crippen LogP contribution in [0, 0.1) is 6.92 Å². The summed E-state index contributed by atoms with van der Waals surface area (Å²) in [4.78, 5) is 21.1. The molecule has 0 radical (unpaired) electrons. The Balaban J connectivity index is 1.84. The highest BCUT2D eigenvalue weighted by Crippen LogP contribution is 2.37. The number of carboxylic acids is 1. The van der Waals surface area contributed by atoms with Crippen molar-refractivity contribution in [3.8, 4) is 11.1 Å². The Hall–Kier alpha value is -3.64. The quantitative estimate of drug-likeness (QED) is 0.311. The molecule has 1 atom stereocenters. The zero-order chi connectivity index (χ0) is 23.4. The van der Waals surface area contributed by atoms with E-state index in [-0.39, 0.29) is 0 Å².